The second-order valence-electron chi connectivity index (χ2n) is 4.72. The smallest absolute Gasteiger partial charge is 0.127 e. The summed E-state index contributed by atoms with van der Waals surface area (Å²) in [7, 11) is 0. The van der Waals surface area contributed by atoms with Crippen molar-refractivity contribution in [2.75, 3.05) is 6.54 Å². The number of benzene rings is 2. The minimum absolute atomic E-state index is 0.0413. The van der Waals surface area contributed by atoms with E-state index in [1.54, 1.807) is 18.2 Å². The molecule has 0 spiro atoms. The molecule has 0 saturated heterocycles. The number of hydrogen-bond donors (Lipinski definition) is 1. The van der Waals surface area contributed by atoms with Crippen molar-refractivity contribution < 1.29 is 4.39 Å². The molecule has 0 aliphatic carbocycles. The first-order chi connectivity index (χ1) is 10.0. The molecular formula is C16H15Cl3FN. The van der Waals surface area contributed by atoms with Gasteiger partial charge in [0.25, 0.3) is 0 Å². The zero-order valence-electron chi connectivity index (χ0n) is 11.5. The fourth-order valence-corrected chi connectivity index (χ4v) is 2.66. The van der Waals surface area contributed by atoms with Gasteiger partial charge in [-0.25, -0.2) is 4.39 Å². The van der Waals surface area contributed by atoms with Crippen molar-refractivity contribution in [3.8, 4) is 0 Å². The summed E-state index contributed by atoms with van der Waals surface area (Å²) < 4.78 is 14.0. The van der Waals surface area contributed by atoms with Gasteiger partial charge in [0.2, 0.25) is 0 Å². The van der Waals surface area contributed by atoms with Gasteiger partial charge in [0.1, 0.15) is 5.82 Å². The van der Waals surface area contributed by atoms with Crippen LogP contribution in [0.2, 0.25) is 15.1 Å². The van der Waals surface area contributed by atoms with E-state index in [1.165, 1.54) is 6.07 Å². The van der Waals surface area contributed by atoms with Gasteiger partial charge in [0.05, 0.1) is 10.0 Å². The van der Waals surface area contributed by atoms with Crippen molar-refractivity contribution in [2.45, 2.75) is 19.4 Å². The summed E-state index contributed by atoms with van der Waals surface area (Å²) in [5.74, 6) is -0.300. The average Bonchev–Trinajstić information content (AvgIpc) is 2.44. The van der Waals surface area contributed by atoms with Crippen LogP contribution in [0, 0.1) is 5.82 Å². The van der Waals surface area contributed by atoms with Crippen LogP contribution < -0.4 is 5.32 Å². The standard InChI is InChI=1S/C16H15Cl3FN/c1-2-21-16(11-4-6-13(18)14(19)7-11)8-10-3-5-12(17)9-15(10)20/h3-7,9,16,21H,2,8H2,1H3. The Bertz CT molecular complexity index is 631. The Kier molecular flexibility index (Phi) is 5.88. The molecule has 0 fully saturated rings. The summed E-state index contributed by atoms with van der Waals surface area (Å²) >= 11 is 17.8. The third-order valence-corrected chi connectivity index (χ3v) is 4.21. The largest absolute Gasteiger partial charge is 0.310 e. The number of likely N-dealkylation sites (N-methyl/N-ethyl adjacent to an activating group) is 1. The summed E-state index contributed by atoms with van der Waals surface area (Å²) in [6, 6.07) is 10.1. The van der Waals surface area contributed by atoms with Crippen molar-refractivity contribution in [2.24, 2.45) is 0 Å². The third-order valence-electron chi connectivity index (χ3n) is 3.24. The molecule has 0 amide bonds. The van der Waals surface area contributed by atoms with E-state index in [9.17, 15) is 4.39 Å². The maximum Gasteiger partial charge on any atom is 0.127 e. The van der Waals surface area contributed by atoms with Crippen LogP contribution in [-0.4, -0.2) is 6.54 Å². The van der Waals surface area contributed by atoms with E-state index in [1.807, 2.05) is 19.1 Å². The van der Waals surface area contributed by atoms with E-state index >= 15 is 0 Å². The quantitative estimate of drug-likeness (QED) is 0.734. The van der Waals surface area contributed by atoms with Crippen LogP contribution in [0.5, 0.6) is 0 Å². The second kappa shape index (κ2) is 7.46. The van der Waals surface area contributed by atoms with Crippen molar-refractivity contribution in [3.05, 3.63) is 68.4 Å². The number of halogens is 4. The van der Waals surface area contributed by atoms with Gasteiger partial charge < -0.3 is 5.32 Å². The van der Waals surface area contributed by atoms with Crippen LogP contribution in [0.4, 0.5) is 4.39 Å². The van der Waals surface area contributed by atoms with E-state index in [0.29, 0.717) is 27.1 Å². The molecule has 5 heteroatoms. The van der Waals surface area contributed by atoms with Crippen molar-refractivity contribution in [1.82, 2.24) is 5.32 Å². The molecule has 0 aromatic heterocycles. The molecule has 1 unspecified atom stereocenters. The highest BCUT2D eigenvalue weighted by Crippen LogP contribution is 2.28. The van der Waals surface area contributed by atoms with Crippen LogP contribution in [-0.2, 0) is 6.42 Å². The third kappa shape index (κ3) is 4.33. The number of rotatable bonds is 5. The predicted octanol–water partition coefficient (Wildman–Crippen LogP) is 5.68. The van der Waals surface area contributed by atoms with Crippen LogP contribution >= 0.6 is 34.8 Å². The summed E-state index contributed by atoms with van der Waals surface area (Å²) in [4.78, 5) is 0. The van der Waals surface area contributed by atoms with Gasteiger partial charge in [-0.1, -0.05) is 53.9 Å². The van der Waals surface area contributed by atoms with E-state index in [-0.39, 0.29) is 11.9 Å². The maximum atomic E-state index is 14.0. The first kappa shape index (κ1) is 16.6. The van der Waals surface area contributed by atoms with Crippen LogP contribution in [0.25, 0.3) is 0 Å². The molecular weight excluding hydrogens is 332 g/mol. The normalized spacial score (nSPS) is 12.4. The highest BCUT2D eigenvalue weighted by Gasteiger charge is 2.15. The molecule has 0 aliphatic rings. The van der Waals surface area contributed by atoms with Gasteiger partial charge in [0.15, 0.2) is 0 Å². The molecule has 0 saturated carbocycles. The van der Waals surface area contributed by atoms with Crippen molar-refractivity contribution in [1.29, 1.82) is 0 Å². The molecule has 0 bridgehead atoms. The Morgan fingerprint density at radius 3 is 2.43 bits per heavy atom. The topological polar surface area (TPSA) is 12.0 Å². The van der Waals surface area contributed by atoms with Gasteiger partial charge in [-0.2, -0.15) is 0 Å². The molecule has 1 atom stereocenters. The molecule has 1 nitrogen and oxygen atoms in total. The van der Waals surface area contributed by atoms with Gasteiger partial charge in [-0.05, 0) is 48.4 Å². The summed E-state index contributed by atoms with van der Waals surface area (Å²) in [5, 5.41) is 4.73. The highest BCUT2D eigenvalue weighted by molar-refractivity contribution is 6.42. The van der Waals surface area contributed by atoms with E-state index in [2.05, 4.69) is 5.32 Å². The van der Waals surface area contributed by atoms with Gasteiger partial charge in [-0.3, -0.25) is 0 Å². The monoisotopic (exact) mass is 345 g/mol. The lowest BCUT2D eigenvalue weighted by molar-refractivity contribution is 0.528. The Hall–Kier alpha value is -0.800. The molecule has 0 heterocycles. The average molecular weight is 347 g/mol. The van der Waals surface area contributed by atoms with E-state index in [0.717, 1.165) is 12.1 Å². The Balaban J connectivity index is 2.28. The summed E-state index contributed by atoms with van der Waals surface area (Å²) in [6.45, 7) is 2.77. The minimum Gasteiger partial charge on any atom is -0.310 e. The Labute approximate surface area is 139 Å². The Morgan fingerprint density at radius 1 is 1.05 bits per heavy atom. The zero-order chi connectivity index (χ0) is 15.4. The predicted molar refractivity (Wildman–Crippen MR) is 88.0 cm³/mol. The lowest BCUT2D eigenvalue weighted by atomic mass is 9.98. The van der Waals surface area contributed by atoms with Crippen molar-refractivity contribution >= 4 is 34.8 Å². The first-order valence-electron chi connectivity index (χ1n) is 6.63. The van der Waals surface area contributed by atoms with Gasteiger partial charge in [-0.15, -0.1) is 0 Å². The molecule has 0 radical (unpaired) electrons. The van der Waals surface area contributed by atoms with Gasteiger partial charge >= 0.3 is 0 Å². The fourth-order valence-electron chi connectivity index (χ4n) is 2.19. The lowest BCUT2D eigenvalue weighted by Gasteiger charge is -2.19. The van der Waals surface area contributed by atoms with E-state index in [4.69, 9.17) is 34.8 Å². The molecule has 2 aromatic carbocycles. The number of nitrogens with one attached hydrogen (secondary N) is 1. The molecule has 2 rings (SSSR count). The molecule has 21 heavy (non-hydrogen) atoms. The number of hydrogen-bond acceptors (Lipinski definition) is 1. The highest BCUT2D eigenvalue weighted by atomic mass is 35.5. The lowest BCUT2D eigenvalue weighted by Crippen LogP contribution is -2.23. The second-order valence-corrected chi connectivity index (χ2v) is 5.97. The molecule has 1 N–H and O–H groups in total. The summed E-state index contributed by atoms with van der Waals surface area (Å²) in [6.07, 6.45) is 0.509. The fraction of sp³-hybridized carbons (Fsp3) is 0.250. The Morgan fingerprint density at radius 2 is 1.81 bits per heavy atom. The van der Waals surface area contributed by atoms with Crippen molar-refractivity contribution in [3.63, 3.8) is 0 Å². The summed E-state index contributed by atoms with van der Waals surface area (Å²) in [5.41, 5.74) is 1.58. The first-order valence-corrected chi connectivity index (χ1v) is 7.77. The minimum atomic E-state index is -0.300. The zero-order valence-corrected chi connectivity index (χ0v) is 13.7. The SMILES string of the molecule is CCNC(Cc1ccc(Cl)cc1F)c1ccc(Cl)c(Cl)c1. The maximum absolute atomic E-state index is 14.0. The van der Waals surface area contributed by atoms with Crippen LogP contribution in [0.3, 0.4) is 0 Å². The van der Waals surface area contributed by atoms with E-state index < -0.39 is 0 Å². The van der Waals surface area contributed by atoms with Gasteiger partial charge in [0, 0.05) is 11.1 Å². The molecule has 112 valence electrons. The molecule has 2 aromatic rings. The van der Waals surface area contributed by atoms with Crippen LogP contribution in [0.1, 0.15) is 24.1 Å². The van der Waals surface area contributed by atoms with Crippen LogP contribution in [0.15, 0.2) is 36.4 Å². The molecule has 0 aliphatic heterocycles.